The van der Waals surface area contributed by atoms with Crippen LogP contribution in [0.4, 0.5) is 0 Å². The van der Waals surface area contributed by atoms with Crippen molar-refractivity contribution in [3.8, 4) is 0 Å². The van der Waals surface area contributed by atoms with Crippen LogP contribution in [0.15, 0.2) is 29.6 Å². The van der Waals surface area contributed by atoms with Crippen LogP contribution in [0.5, 0.6) is 0 Å². The van der Waals surface area contributed by atoms with Gasteiger partial charge in [0.15, 0.2) is 12.4 Å². The van der Waals surface area contributed by atoms with Gasteiger partial charge >= 0.3 is 5.97 Å². The molecule has 0 saturated carbocycles. The number of benzene rings is 1. The van der Waals surface area contributed by atoms with E-state index in [2.05, 4.69) is 0 Å². The maximum atomic E-state index is 11.3. The number of rotatable bonds is 4. The second-order valence-corrected chi connectivity index (χ2v) is 5.78. The Hall–Kier alpha value is -1.36. The molecule has 0 spiro atoms. The number of halogens is 2. The van der Waals surface area contributed by atoms with Gasteiger partial charge in [-0.2, -0.15) is 0 Å². The zero-order chi connectivity index (χ0) is 14.7. The minimum Gasteiger partial charge on any atom is -0.452 e. The van der Waals surface area contributed by atoms with Gasteiger partial charge in [0.25, 0.3) is 0 Å². The second kappa shape index (κ2) is 6.39. The van der Waals surface area contributed by atoms with E-state index in [4.69, 9.17) is 27.9 Å². The van der Waals surface area contributed by atoms with E-state index in [1.807, 2.05) is 0 Å². The fourth-order valence-electron chi connectivity index (χ4n) is 1.76. The highest BCUT2D eigenvalue weighted by Gasteiger charge is 2.22. The predicted molar refractivity (Wildman–Crippen MR) is 79.8 cm³/mol. The number of thiophene rings is 1. The second-order valence-electron chi connectivity index (χ2n) is 4.02. The summed E-state index contributed by atoms with van der Waals surface area (Å²) >= 11 is 13.2. The summed E-state index contributed by atoms with van der Waals surface area (Å²) < 4.78 is 5.33. The number of aldehydes is 1. The third-order valence-electron chi connectivity index (χ3n) is 2.62. The number of ether oxygens (including phenoxy) is 1. The van der Waals surface area contributed by atoms with Crippen molar-refractivity contribution in [3.05, 3.63) is 55.7 Å². The largest absolute Gasteiger partial charge is 0.452 e. The predicted octanol–water partition coefficient (Wildman–Crippen LogP) is 4.52. The van der Waals surface area contributed by atoms with Crippen LogP contribution in [0.2, 0.25) is 10.0 Å². The Morgan fingerprint density at radius 1 is 1.30 bits per heavy atom. The minimum absolute atomic E-state index is 0.366. The highest BCUT2D eigenvalue weighted by atomic mass is 35.5. The molecule has 0 saturated heterocycles. The maximum Gasteiger partial charge on any atom is 0.303 e. The first kappa shape index (κ1) is 15.0. The summed E-state index contributed by atoms with van der Waals surface area (Å²) in [5.74, 6) is -0.439. The van der Waals surface area contributed by atoms with Crippen LogP contribution in [-0.4, -0.2) is 12.3 Å². The standard InChI is InChI=1S/C14H10Cl2O3S/c1-8(18)19-13(14-10(7-17)4-5-20-14)9-2-3-11(15)12(16)6-9/h2-7,13H,1H3. The monoisotopic (exact) mass is 328 g/mol. The van der Waals surface area contributed by atoms with E-state index in [1.54, 1.807) is 29.6 Å². The van der Waals surface area contributed by atoms with E-state index in [-0.39, 0.29) is 0 Å². The molecule has 0 N–H and O–H groups in total. The lowest BCUT2D eigenvalue weighted by Gasteiger charge is -2.17. The van der Waals surface area contributed by atoms with Crippen molar-refractivity contribution >= 4 is 46.8 Å². The molecule has 2 rings (SSSR count). The summed E-state index contributed by atoms with van der Waals surface area (Å²) in [6.07, 6.45) is 0.0716. The van der Waals surface area contributed by atoms with E-state index < -0.39 is 12.1 Å². The molecule has 6 heteroatoms. The smallest absolute Gasteiger partial charge is 0.303 e. The zero-order valence-electron chi connectivity index (χ0n) is 10.4. The summed E-state index contributed by atoms with van der Waals surface area (Å²) in [7, 11) is 0. The third kappa shape index (κ3) is 3.20. The molecule has 1 heterocycles. The molecule has 1 aromatic heterocycles. The lowest BCUT2D eigenvalue weighted by atomic mass is 10.1. The average molecular weight is 329 g/mol. The molecular weight excluding hydrogens is 319 g/mol. The molecule has 0 bridgehead atoms. The van der Waals surface area contributed by atoms with Gasteiger partial charge in [0, 0.05) is 12.5 Å². The Bertz CT molecular complexity index is 652. The summed E-state index contributed by atoms with van der Waals surface area (Å²) in [6, 6.07) is 6.66. The summed E-state index contributed by atoms with van der Waals surface area (Å²) in [5, 5.41) is 2.55. The van der Waals surface area contributed by atoms with Gasteiger partial charge in [0.1, 0.15) is 0 Å². The van der Waals surface area contributed by atoms with Gasteiger partial charge < -0.3 is 4.74 Å². The first-order chi connectivity index (χ1) is 9.52. The Labute approximate surface area is 130 Å². The van der Waals surface area contributed by atoms with Gasteiger partial charge in [-0.05, 0) is 29.1 Å². The molecule has 0 aliphatic carbocycles. The molecule has 1 aromatic carbocycles. The van der Waals surface area contributed by atoms with Gasteiger partial charge in [-0.15, -0.1) is 11.3 Å². The summed E-state index contributed by atoms with van der Waals surface area (Å²) in [5.41, 5.74) is 1.16. The number of carbonyl (C=O) groups is 2. The number of hydrogen-bond donors (Lipinski definition) is 0. The third-order valence-corrected chi connectivity index (χ3v) is 4.34. The van der Waals surface area contributed by atoms with Crippen molar-refractivity contribution in [2.45, 2.75) is 13.0 Å². The van der Waals surface area contributed by atoms with Crippen molar-refractivity contribution in [2.75, 3.05) is 0 Å². The molecule has 104 valence electrons. The van der Waals surface area contributed by atoms with E-state index in [0.717, 1.165) is 6.29 Å². The van der Waals surface area contributed by atoms with Crippen molar-refractivity contribution in [1.82, 2.24) is 0 Å². The molecule has 20 heavy (non-hydrogen) atoms. The average Bonchev–Trinajstić information content (AvgIpc) is 2.87. The topological polar surface area (TPSA) is 43.4 Å². The quantitative estimate of drug-likeness (QED) is 0.612. The molecular formula is C14H10Cl2O3S. The van der Waals surface area contributed by atoms with E-state index in [9.17, 15) is 9.59 Å². The zero-order valence-corrected chi connectivity index (χ0v) is 12.8. The van der Waals surface area contributed by atoms with Crippen molar-refractivity contribution in [2.24, 2.45) is 0 Å². The van der Waals surface area contributed by atoms with Gasteiger partial charge in [-0.3, -0.25) is 9.59 Å². The molecule has 0 aliphatic heterocycles. The van der Waals surface area contributed by atoms with Crippen LogP contribution >= 0.6 is 34.5 Å². The Kier molecular flexibility index (Phi) is 4.81. The van der Waals surface area contributed by atoms with Gasteiger partial charge in [0.2, 0.25) is 0 Å². The molecule has 1 atom stereocenters. The Morgan fingerprint density at radius 3 is 2.65 bits per heavy atom. The van der Waals surface area contributed by atoms with Crippen LogP contribution in [0, 0.1) is 0 Å². The maximum absolute atomic E-state index is 11.3. The Morgan fingerprint density at radius 2 is 2.05 bits per heavy atom. The van der Waals surface area contributed by atoms with Crippen LogP contribution in [0.3, 0.4) is 0 Å². The van der Waals surface area contributed by atoms with Gasteiger partial charge in [0.05, 0.1) is 14.9 Å². The van der Waals surface area contributed by atoms with Crippen LogP contribution < -0.4 is 0 Å². The molecule has 2 aromatic rings. The number of esters is 1. The lowest BCUT2D eigenvalue weighted by Crippen LogP contribution is -2.10. The van der Waals surface area contributed by atoms with Crippen LogP contribution in [0.1, 0.15) is 33.8 Å². The van der Waals surface area contributed by atoms with Crippen LogP contribution in [-0.2, 0) is 9.53 Å². The van der Waals surface area contributed by atoms with Crippen molar-refractivity contribution in [3.63, 3.8) is 0 Å². The summed E-state index contributed by atoms with van der Waals surface area (Å²) in [4.78, 5) is 23.0. The van der Waals surface area contributed by atoms with Crippen LogP contribution in [0.25, 0.3) is 0 Å². The van der Waals surface area contributed by atoms with Gasteiger partial charge in [-0.1, -0.05) is 29.3 Å². The highest BCUT2D eigenvalue weighted by molar-refractivity contribution is 7.10. The fraction of sp³-hybridized carbons (Fsp3) is 0.143. The molecule has 0 aliphatic rings. The minimum atomic E-state index is -0.664. The number of carbonyl (C=O) groups excluding carboxylic acids is 2. The highest BCUT2D eigenvalue weighted by Crippen LogP contribution is 2.35. The summed E-state index contributed by atoms with van der Waals surface area (Å²) in [6.45, 7) is 1.32. The molecule has 1 unspecified atom stereocenters. The Balaban J connectivity index is 2.49. The molecule has 0 fully saturated rings. The lowest BCUT2D eigenvalue weighted by molar-refractivity contribution is -0.144. The normalized spacial score (nSPS) is 11.9. The van der Waals surface area contributed by atoms with Gasteiger partial charge in [-0.25, -0.2) is 0 Å². The van der Waals surface area contributed by atoms with Crippen molar-refractivity contribution < 1.29 is 14.3 Å². The SMILES string of the molecule is CC(=O)OC(c1ccc(Cl)c(Cl)c1)c1sccc1C=O. The number of hydrogen-bond acceptors (Lipinski definition) is 4. The van der Waals surface area contributed by atoms with E-state index >= 15 is 0 Å². The van der Waals surface area contributed by atoms with Crippen molar-refractivity contribution in [1.29, 1.82) is 0 Å². The van der Waals surface area contributed by atoms with E-state index in [1.165, 1.54) is 18.3 Å². The molecule has 0 radical (unpaired) electrons. The molecule has 3 nitrogen and oxygen atoms in total. The first-order valence-corrected chi connectivity index (χ1v) is 7.31. The first-order valence-electron chi connectivity index (χ1n) is 5.67. The van der Waals surface area contributed by atoms with E-state index in [0.29, 0.717) is 26.0 Å². The molecule has 0 amide bonds. The fourth-order valence-corrected chi connectivity index (χ4v) is 2.98.